The van der Waals surface area contributed by atoms with Crippen LogP contribution in [0.1, 0.15) is 95.8 Å². The van der Waals surface area contributed by atoms with Gasteiger partial charge in [0.1, 0.15) is 6.10 Å². The first-order valence-corrected chi connectivity index (χ1v) is 23.5. The van der Waals surface area contributed by atoms with Crippen molar-refractivity contribution in [3.63, 3.8) is 0 Å². The Hall–Kier alpha value is -3.25. The Kier molecular flexibility index (Phi) is 14.3. The van der Waals surface area contributed by atoms with Crippen molar-refractivity contribution in [3.8, 4) is 22.9 Å². The van der Waals surface area contributed by atoms with E-state index in [0.29, 0.717) is 56.8 Å². The van der Waals surface area contributed by atoms with E-state index < -0.39 is 14.3 Å². The lowest BCUT2D eigenvalue weighted by molar-refractivity contribution is -0.0367. The molecule has 1 unspecified atom stereocenters. The van der Waals surface area contributed by atoms with Crippen molar-refractivity contribution in [3.05, 3.63) is 45.4 Å². The molecule has 2 atom stereocenters. The molecule has 0 spiro atoms. The van der Waals surface area contributed by atoms with Crippen molar-refractivity contribution in [2.45, 2.75) is 111 Å². The van der Waals surface area contributed by atoms with E-state index in [4.69, 9.17) is 33.6 Å². The molecule has 0 radical (unpaired) electrons. The van der Waals surface area contributed by atoms with Crippen LogP contribution in [0, 0.1) is 3.57 Å². The number of benzene rings is 1. The van der Waals surface area contributed by atoms with E-state index in [0.717, 1.165) is 57.2 Å². The maximum absolute atomic E-state index is 13.4. The van der Waals surface area contributed by atoms with E-state index >= 15 is 0 Å². The minimum absolute atomic E-state index is 0.124. The van der Waals surface area contributed by atoms with Crippen LogP contribution in [0.2, 0.25) is 18.1 Å². The normalized spacial score (nSPS) is 15.8. The van der Waals surface area contributed by atoms with Gasteiger partial charge in [-0.2, -0.15) is 10.2 Å². The average Bonchev–Trinajstić information content (AvgIpc) is 3.78. The van der Waals surface area contributed by atoms with Crippen LogP contribution in [0.15, 0.2) is 24.8 Å². The highest BCUT2D eigenvalue weighted by Gasteiger charge is 2.37. The molecule has 5 rings (SSSR count). The van der Waals surface area contributed by atoms with Crippen LogP contribution in [-0.2, 0) is 34.0 Å². The van der Waals surface area contributed by atoms with Crippen LogP contribution in [-0.4, -0.2) is 94.1 Å². The number of hydrogen-bond acceptors (Lipinski definition) is 10. The number of likely N-dealkylation sites (N-methyl/N-ethyl adjacent to an activating group) is 1. The molecule has 1 aliphatic rings. The highest BCUT2D eigenvalue weighted by molar-refractivity contribution is 14.1. The molecule has 1 fully saturated rings. The van der Waals surface area contributed by atoms with Gasteiger partial charge >= 0.3 is 5.97 Å². The average molecular weight is 890 g/mol. The molecule has 1 aliphatic heterocycles. The number of nitrogens with zero attached hydrogens (tertiary/aromatic N) is 7. The summed E-state index contributed by atoms with van der Waals surface area (Å²) >= 11 is 2.35. The number of ether oxygens (including phenoxy) is 4. The molecule has 0 aliphatic carbocycles. The van der Waals surface area contributed by atoms with E-state index in [1.54, 1.807) is 24.7 Å². The van der Waals surface area contributed by atoms with Gasteiger partial charge in [-0.05, 0) is 111 Å². The second kappa shape index (κ2) is 18.3. The van der Waals surface area contributed by atoms with Gasteiger partial charge in [0.25, 0.3) is 0 Å². The number of rotatable bonds is 18. The molecule has 15 heteroatoms. The highest BCUT2D eigenvalue weighted by atomic mass is 127. The highest BCUT2D eigenvalue weighted by Crippen LogP contribution is 2.39. The third-order valence-electron chi connectivity index (χ3n) is 10.6. The number of aryl methyl sites for hydroxylation is 1. The van der Waals surface area contributed by atoms with E-state index in [1.165, 1.54) is 0 Å². The van der Waals surface area contributed by atoms with Crippen LogP contribution >= 0.6 is 22.6 Å². The molecule has 1 saturated heterocycles. The molecule has 1 aromatic carbocycles. The Bertz CT molecular complexity index is 1940. The molecular weight excluding hydrogens is 829 g/mol. The van der Waals surface area contributed by atoms with Gasteiger partial charge in [-0.25, -0.2) is 14.2 Å². The number of halogens is 1. The van der Waals surface area contributed by atoms with Gasteiger partial charge in [-0.1, -0.05) is 40.3 Å². The predicted octanol–water partition coefficient (Wildman–Crippen LogP) is 8.47. The second-order valence-electron chi connectivity index (χ2n) is 15.5. The predicted molar refractivity (Wildman–Crippen MR) is 227 cm³/mol. The van der Waals surface area contributed by atoms with Crippen molar-refractivity contribution in [2.75, 3.05) is 39.5 Å². The van der Waals surface area contributed by atoms with E-state index in [2.05, 4.69) is 80.0 Å². The third kappa shape index (κ3) is 9.66. The van der Waals surface area contributed by atoms with Gasteiger partial charge in [0.2, 0.25) is 11.8 Å². The second-order valence-corrected chi connectivity index (χ2v) is 21.4. The Balaban J connectivity index is 1.42. The zero-order chi connectivity index (χ0) is 40.1. The van der Waals surface area contributed by atoms with Crippen molar-refractivity contribution < 1.29 is 28.2 Å². The summed E-state index contributed by atoms with van der Waals surface area (Å²) in [5.41, 5.74) is 4.30. The van der Waals surface area contributed by atoms with Gasteiger partial charge < -0.3 is 23.4 Å². The fourth-order valence-electron chi connectivity index (χ4n) is 6.58. The first-order valence-electron chi connectivity index (χ1n) is 19.6. The summed E-state index contributed by atoms with van der Waals surface area (Å²) in [7, 11) is -0.124. The molecule has 0 N–H and O–H groups in total. The van der Waals surface area contributed by atoms with E-state index in [9.17, 15) is 4.79 Å². The van der Waals surface area contributed by atoms with Crippen LogP contribution in [0.3, 0.4) is 0 Å². The first-order chi connectivity index (χ1) is 26.1. The maximum atomic E-state index is 13.4. The lowest BCUT2D eigenvalue weighted by Gasteiger charge is -2.36. The van der Waals surface area contributed by atoms with E-state index in [1.807, 2.05) is 41.4 Å². The number of carbonyl (C=O) groups excluding carboxylic acids is 1. The zero-order valence-electron chi connectivity index (χ0n) is 34.4. The molecule has 13 nitrogen and oxygen atoms in total. The lowest BCUT2D eigenvalue weighted by Crippen LogP contribution is -2.41. The van der Waals surface area contributed by atoms with E-state index in [-0.39, 0.29) is 29.7 Å². The van der Waals surface area contributed by atoms with Crippen molar-refractivity contribution in [1.29, 1.82) is 0 Å². The summed E-state index contributed by atoms with van der Waals surface area (Å²) in [5, 5.41) is 15.4. The fourth-order valence-corrected chi connectivity index (χ4v) is 8.33. The van der Waals surface area contributed by atoms with Crippen LogP contribution in [0.4, 0.5) is 0 Å². The van der Waals surface area contributed by atoms with Gasteiger partial charge in [0.15, 0.2) is 20.2 Å². The number of esters is 1. The summed E-state index contributed by atoms with van der Waals surface area (Å²) in [6, 6.07) is 6.04. The van der Waals surface area contributed by atoms with Crippen LogP contribution in [0.25, 0.3) is 28.1 Å². The number of fused-ring (bicyclic) bond motifs is 1. The summed E-state index contributed by atoms with van der Waals surface area (Å²) in [5.74, 6) is 0.618. The molecule has 302 valence electrons. The Morgan fingerprint density at radius 2 is 1.93 bits per heavy atom. The van der Waals surface area contributed by atoms with Gasteiger partial charge in [-0.15, -0.1) is 5.10 Å². The molecule has 4 aromatic rings. The summed E-state index contributed by atoms with van der Waals surface area (Å²) < 4.78 is 37.4. The first kappa shape index (κ1) is 42.9. The summed E-state index contributed by atoms with van der Waals surface area (Å²) in [6.45, 7) is 28.0. The molecule has 4 heterocycles. The minimum atomic E-state index is -1.92. The third-order valence-corrected chi connectivity index (χ3v) is 16.2. The van der Waals surface area contributed by atoms with Crippen molar-refractivity contribution >= 4 is 53.9 Å². The Morgan fingerprint density at radius 3 is 2.56 bits per heavy atom. The topological polar surface area (TPSA) is 120 Å². The maximum Gasteiger partial charge on any atom is 0.359 e. The standard InChI is InChI=1S/C40H60IN7O6Si/c1-12-30-29-24-28(19-20-31(29)48(42-30)33-18-16-17-22-52-33)34-36(39(49)51-15-4)43-45(9)38(34)54-27(5)25-46(13-2)26-32-35(41)37(50-14-3)44-47(32)21-23-53-55(10,11)40(6,7)8/h12,19-20,24,27,33H,1,13-18,21-23,25-26H2,2-11H3/t27-,33?/m0/s1. The smallest absolute Gasteiger partial charge is 0.359 e. The van der Waals surface area contributed by atoms with Crippen molar-refractivity contribution in [2.24, 2.45) is 7.05 Å². The lowest BCUT2D eigenvalue weighted by atomic mass is 10.0. The van der Waals surface area contributed by atoms with Gasteiger partial charge in [-0.3, -0.25) is 9.58 Å². The number of hydrogen-bond donors (Lipinski definition) is 0. The summed E-state index contributed by atoms with van der Waals surface area (Å²) in [4.78, 5) is 15.7. The van der Waals surface area contributed by atoms with Crippen LogP contribution in [0.5, 0.6) is 11.8 Å². The molecule has 0 amide bonds. The minimum Gasteiger partial charge on any atom is -0.476 e. The van der Waals surface area contributed by atoms with Crippen LogP contribution < -0.4 is 9.47 Å². The van der Waals surface area contributed by atoms with Gasteiger partial charge in [0.05, 0.1) is 52.4 Å². The SMILES string of the molecule is C=Cc1nn(C2CCCCO2)c2ccc(-c3c(C(=O)OCC)nn(C)c3O[C@@H](C)CN(CC)Cc3c(I)c(OCC)nn3CCO[Si](C)(C)C(C)(C)C)cc12. The quantitative estimate of drug-likeness (QED) is 0.0547. The van der Waals surface area contributed by atoms with Gasteiger partial charge in [0, 0.05) is 32.1 Å². The molecule has 55 heavy (non-hydrogen) atoms. The van der Waals surface area contributed by atoms with Crippen molar-refractivity contribution in [1.82, 2.24) is 34.2 Å². The molecule has 3 aromatic heterocycles. The largest absolute Gasteiger partial charge is 0.476 e. The molecule has 0 saturated carbocycles. The summed E-state index contributed by atoms with van der Waals surface area (Å²) in [6.07, 6.45) is 4.39. The number of carbonyl (C=O) groups is 1. The molecular formula is C40H60IN7O6Si. The fraction of sp³-hybridized carbons (Fsp3) is 0.600. The number of aromatic nitrogens is 6. The Labute approximate surface area is 340 Å². The molecule has 0 bridgehead atoms. The Morgan fingerprint density at radius 1 is 1.16 bits per heavy atom. The monoisotopic (exact) mass is 889 g/mol. The zero-order valence-corrected chi connectivity index (χ0v) is 37.6.